The lowest BCUT2D eigenvalue weighted by molar-refractivity contribution is 0.271. The van der Waals surface area contributed by atoms with Crippen molar-refractivity contribution in [2.24, 2.45) is 5.73 Å². The molecule has 2 bridgehead atoms. The topological polar surface area (TPSA) is 29.3 Å². The predicted octanol–water partition coefficient (Wildman–Crippen LogP) is 3.75. The normalized spacial score (nSPS) is 30.8. The maximum Gasteiger partial charge on any atom is 0.0378 e. The van der Waals surface area contributed by atoms with Gasteiger partial charge in [-0.2, -0.15) is 0 Å². The number of benzene rings is 1. The molecule has 2 aliphatic heterocycles. The second kappa shape index (κ2) is 4.50. The van der Waals surface area contributed by atoms with Crippen molar-refractivity contribution in [2.45, 2.75) is 50.2 Å². The van der Waals surface area contributed by atoms with Crippen LogP contribution >= 0.6 is 11.3 Å². The van der Waals surface area contributed by atoms with Gasteiger partial charge in [0.1, 0.15) is 0 Å². The Morgan fingerprint density at radius 1 is 1.11 bits per heavy atom. The van der Waals surface area contributed by atoms with Crippen molar-refractivity contribution in [1.82, 2.24) is 0 Å². The molecule has 2 atom stereocenters. The summed E-state index contributed by atoms with van der Waals surface area (Å²) in [6.45, 7) is 0. The van der Waals surface area contributed by atoms with Gasteiger partial charge in [-0.05, 0) is 67.1 Å². The molecule has 19 heavy (non-hydrogen) atoms. The second-order valence-corrected chi connectivity index (χ2v) is 6.97. The summed E-state index contributed by atoms with van der Waals surface area (Å²) in [5, 5.41) is 3.57. The number of nitrogens with zero attached hydrogens (tertiary/aromatic N) is 1. The summed E-state index contributed by atoms with van der Waals surface area (Å²) in [6.07, 6.45) is 6.33. The molecule has 3 heterocycles. The summed E-state index contributed by atoms with van der Waals surface area (Å²) in [5.74, 6) is 0. The molecular weight excluding hydrogens is 252 g/mol. The molecule has 2 aliphatic rings. The van der Waals surface area contributed by atoms with Gasteiger partial charge in [-0.25, -0.2) is 0 Å². The Kier molecular flexibility index (Phi) is 2.78. The summed E-state index contributed by atoms with van der Waals surface area (Å²) in [5.41, 5.74) is 7.62. The molecule has 0 saturated carbocycles. The van der Waals surface area contributed by atoms with Crippen LogP contribution in [0.3, 0.4) is 0 Å². The molecule has 1 aromatic heterocycles. The maximum atomic E-state index is 6.21. The number of hydrogen-bond donors (Lipinski definition) is 1. The Morgan fingerprint density at radius 3 is 2.68 bits per heavy atom. The van der Waals surface area contributed by atoms with E-state index in [0.717, 1.165) is 12.8 Å². The Bertz CT molecular complexity index is 577. The molecule has 0 amide bonds. The van der Waals surface area contributed by atoms with Gasteiger partial charge in [0.2, 0.25) is 0 Å². The maximum absolute atomic E-state index is 6.21. The van der Waals surface area contributed by atoms with Crippen molar-refractivity contribution in [2.75, 3.05) is 4.90 Å². The van der Waals surface area contributed by atoms with E-state index < -0.39 is 0 Å². The van der Waals surface area contributed by atoms with Gasteiger partial charge in [-0.3, -0.25) is 0 Å². The number of hydrogen-bond acceptors (Lipinski definition) is 3. The first-order chi connectivity index (χ1) is 9.31. The standard InChI is InChI=1S/C16H20N2S/c17-12-9-13-2-1-3-14(10-12)18(13)15-4-5-16-11(8-15)6-7-19-16/h4-8,12-14H,1-3,9-10,17H2. The highest BCUT2D eigenvalue weighted by molar-refractivity contribution is 7.17. The van der Waals surface area contributed by atoms with E-state index in [4.69, 9.17) is 5.73 Å². The van der Waals surface area contributed by atoms with Crippen LogP contribution in [0.2, 0.25) is 0 Å². The molecule has 0 aliphatic carbocycles. The van der Waals surface area contributed by atoms with E-state index in [1.54, 1.807) is 0 Å². The molecular formula is C16H20N2S. The van der Waals surface area contributed by atoms with Crippen molar-refractivity contribution in [3.63, 3.8) is 0 Å². The van der Waals surface area contributed by atoms with Crippen molar-refractivity contribution < 1.29 is 0 Å². The summed E-state index contributed by atoms with van der Waals surface area (Å²) in [6, 6.07) is 10.9. The lowest BCUT2D eigenvalue weighted by Crippen LogP contribution is -2.55. The third-order valence-corrected chi connectivity index (χ3v) is 5.64. The zero-order valence-corrected chi connectivity index (χ0v) is 11.9. The minimum atomic E-state index is 0.413. The molecule has 2 N–H and O–H groups in total. The highest BCUT2D eigenvalue weighted by Crippen LogP contribution is 2.38. The van der Waals surface area contributed by atoms with E-state index in [-0.39, 0.29) is 0 Å². The average Bonchev–Trinajstić information content (AvgIpc) is 2.84. The minimum absolute atomic E-state index is 0.413. The summed E-state index contributed by atoms with van der Waals surface area (Å²) < 4.78 is 1.39. The summed E-state index contributed by atoms with van der Waals surface area (Å²) >= 11 is 1.83. The SMILES string of the molecule is NC1CC2CCCC(C1)N2c1ccc2sccc2c1. The van der Waals surface area contributed by atoms with Gasteiger partial charge in [0.15, 0.2) is 0 Å². The van der Waals surface area contributed by atoms with Gasteiger partial charge in [-0.1, -0.05) is 0 Å². The largest absolute Gasteiger partial charge is 0.365 e. The van der Waals surface area contributed by atoms with Gasteiger partial charge in [0.05, 0.1) is 0 Å². The van der Waals surface area contributed by atoms with Crippen LogP contribution in [0.5, 0.6) is 0 Å². The Morgan fingerprint density at radius 2 is 1.89 bits per heavy atom. The van der Waals surface area contributed by atoms with Crippen LogP contribution in [0, 0.1) is 0 Å². The molecule has 0 radical (unpaired) electrons. The predicted molar refractivity (Wildman–Crippen MR) is 82.9 cm³/mol. The number of rotatable bonds is 1. The van der Waals surface area contributed by atoms with Crippen LogP contribution in [-0.2, 0) is 0 Å². The average molecular weight is 272 g/mol. The molecule has 100 valence electrons. The molecule has 1 aromatic carbocycles. The minimum Gasteiger partial charge on any atom is -0.365 e. The van der Waals surface area contributed by atoms with Gasteiger partial charge in [0, 0.05) is 28.5 Å². The zero-order chi connectivity index (χ0) is 12.8. The fraction of sp³-hybridized carbons (Fsp3) is 0.500. The molecule has 2 unspecified atom stereocenters. The van der Waals surface area contributed by atoms with Crippen molar-refractivity contribution >= 4 is 27.1 Å². The van der Waals surface area contributed by atoms with Gasteiger partial charge < -0.3 is 10.6 Å². The molecule has 4 rings (SSSR count). The fourth-order valence-electron chi connectivity index (χ4n) is 3.96. The third-order valence-electron chi connectivity index (χ3n) is 4.75. The van der Waals surface area contributed by atoms with E-state index in [0.29, 0.717) is 18.1 Å². The molecule has 2 fully saturated rings. The highest BCUT2D eigenvalue weighted by Gasteiger charge is 2.37. The monoisotopic (exact) mass is 272 g/mol. The number of nitrogens with two attached hydrogens (primary N) is 1. The van der Waals surface area contributed by atoms with Crippen LogP contribution < -0.4 is 10.6 Å². The van der Waals surface area contributed by atoms with Gasteiger partial charge in [0.25, 0.3) is 0 Å². The van der Waals surface area contributed by atoms with Crippen LogP contribution in [0.1, 0.15) is 32.1 Å². The lowest BCUT2D eigenvalue weighted by Gasteiger charge is -2.49. The second-order valence-electron chi connectivity index (χ2n) is 6.02. The molecule has 3 heteroatoms. The lowest BCUT2D eigenvalue weighted by atomic mass is 9.81. The number of anilines is 1. The number of piperidine rings is 2. The molecule has 2 aromatic rings. The molecule has 2 saturated heterocycles. The first-order valence-corrected chi connectivity index (χ1v) is 8.20. The van der Waals surface area contributed by atoms with Crippen LogP contribution in [-0.4, -0.2) is 18.1 Å². The van der Waals surface area contributed by atoms with Crippen molar-refractivity contribution in [1.29, 1.82) is 0 Å². The van der Waals surface area contributed by atoms with Crippen LogP contribution in [0.15, 0.2) is 29.6 Å². The third kappa shape index (κ3) is 1.96. The summed E-state index contributed by atoms with van der Waals surface area (Å²) in [7, 11) is 0. The summed E-state index contributed by atoms with van der Waals surface area (Å²) in [4.78, 5) is 2.67. The van der Waals surface area contributed by atoms with Gasteiger partial charge >= 0.3 is 0 Å². The fourth-order valence-corrected chi connectivity index (χ4v) is 4.73. The van der Waals surface area contributed by atoms with Crippen LogP contribution in [0.4, 0.5) is 5.69 Å². The van der Waals surface area contributed by atoms with E-state index in [1.807, 2.05) is 11.3 Å². The Labute approximate surface area is 118 Å². The number of thiophene rings is 1. The van der Waals surface area contributed by atoms with Crippen LogP contribution in [0.25, 0.3) is 10.1 Å². The van der Waals surface area contributed by atoms with E-state index in [9.17, 15) is 0 Å². The van der Waals surface area contributed by atoms with E-state index >= 15 is 0 Å². The first kappa shape index (κ1) is 11.7. The Balaban J connectivity index is 1.73. The first-order valence-electron chi connectivity index (χ1n) is 7.32. The zero-order valence-electron chi connectivity index (χ0n) is 11.1. The van der Waals surface area contributed by atoms with E-state index in [1.165, 1.54) is 35.0 Å². The van der Waals surface area contributed by atoms with Gasteiger partial charge in [-0.15, -0.1) is 11.3 Å². The van der Waals surface area contributed by atoms with Crippen molar-refractivity contribution in [3.05, 3.63) is 29.6 Å². The quantitative estimate of drug-likeness (QED) is 0.856. The van der Waals surface area contributed by atoms with E-state index in [2.05, 4.69) is 34.5 Å². The highest BCUT2D eigenvalue weighted by atomic mass is 32.1. The smallest absolute Gasteiger partial charge is 0.0378 e. The Hall–Kier alpha value is -1.06. The molecule has 2 nitrogen and oxygen atoms in total. The molecule has 0 spiro atoms. The van der Waals surface area contributed by atoms with Crippen molar-refractivity contribution in [3.8, 4) is 0 Å². The number of fused-ring (bicyclic) bond motifs is 3.